The first-order chi connectivity index (χ1) is 9.31. The van der Waals surface area contributed by atoms with E-state index in [0.29, 0.717) is 0 Å². The first-order valence-corrected chi connectivity index (χ1v) is 7.39. The van der Waals surface area contributed by atoms with Gasteiger partial charge in [-0.15, -0.1) is 0 Å². The van der Waals surface area contributed by atoms with Crippen molar-refractivity contribution in [3.63, 3.8) is 0 Å². The number of anilines is 1. The number of unbranched alkanes of at least 4 members (excludes halogenated alkanes) is 2. The molecule has 1 aromatic rings. The van der Waals surface area contributed by atoms with Gasteiger partial charge in [-0.05, 0) is 44.4 Å². The van der Waals surface area contributed by atoms with Crippen LogP contribution in [0.1, 0.15) is 32.1 Å². The molecule has 0 aliphatic heterocycles. The molecule has 3 heteroatoms. The van der Waals surface area contributed by atoms with E-state index in [4.69, 9.17) is 4.74 Å². The molecule has 0 aromatic heterocycles. The van der Waals surface area contributed by atoms with E-state index in [1.54, 1.807) is 7.11 Å². The van der Waals surface area contributed by atoms with E-state index >= 15 is 0 Å². The van der Waals surface area contributed by atoms with E-state index in [1.165, 1.54) is 44.3 Å². The summed E-state index contributed by atoms with van der Waals surface area (Å²) in [4.78, 5) is 2.28. The highest BCUT2D eigenvalue weighted by Crippen LogP contribution is 2.26. The number of hydrogen-bond donors (Lipinski definition) is 1. The summed E-state index contributed by atoms with van der Waals surface area (Å²) in [6, 6.07) is 9.06. The van der Waals surface area contributed by atoms with E-state index in [-0.39, 0.29) is 0 Å². The van der Waals surface area contributed by atoms with Crippen LogP contribution in [0.5, 0.6) is 5.75 Å². The van der Waals surface area contributed by atoms with Gasteiger partial charge in [-0.25, -0.2) is 0 Å². The van der Waals surface area contributed by atoms with Crippen molar-refractivity contribution in [3.05, 3.63) is 24.3 Å². The van der Waals surface area contributed by atoms with Crippen LogP contribution in [0.3, 0.4) is 0 Å². The number of methoxy groups -OCH3 is 1. The van der Waals surface area contributed by atoms with Gasteiger partial charge in [-0.2, -0.15) is 0 Å². The molecule has 0 heterocycles. The van der Waals surface area contributed by atoms with Crippen LogP contribution in [0.15, 0.2) is 24.3 Å². The summed E-state index contributed by atoms with van der Waals surface area (Å²) >= 11 is 0. The van der Waals surface area contributed by atoms with Crippen molar-refractivity contribution in [1.29, 1.82) is 0 Å². The Labute approximate surface area is 116 Å². The fraction of sp³-hybridized carbons (Fsp3) is 0.625. The van der Waals surface area contributed by atoms with Crippen molar-refractivity contribution < 1.29 is 4.74 Å². The van der Waals surface area contributed by atoms with Crippen LogP contribution in [0.4, 0.5) is 5.69 Å². The van der Waals surface area contributed by atoms with Crippen LogP contribution in [0.2, 0.25) is 0 Å². The lowest BCUT2D eigenvalue weighted by molar-refractivity contribution is 0.414. The van der Waals surface area contributed by atoms with Crippen LogP contribution < -0.4 is 15.0 Å². The number of hydrogen-bond acceptors (Lipinski definition) is 3. The maximum atomic E-state index is 5.39. The molecule has 0 atom stereocenters. The second-order valence-electron chi connectivity index (χ2n) is 5.38. The molecule has 0 unspecified atom stereocenters. The highest BCUT2D eigenvalue weighted by molar-refractivity contribution is 5.57. The van der Waals surface area contributed by atoms with Crippen molar-refractivity contribution in [2.24, 2.45) is 0 Å². The lowest BCUT2D eigenvalue weighted by atomic mass is 10.2. The predicted molar refractivity (Wildman–Crippen MR) is 81.1 cm³/mol. The average Bonchev–Trinajstić information content (AvgIpc) is 3.26. The first kappa shape index (κ1) is 14.2. The van der Waals surface area contributed by atoms with E-state index in [9.17, 15) is 0 Å². The van der Waals surface area contributed by atoms with Gasteiger partial charge in [0.25, 0.3) is 0 Å². The molecule has 1 aliphatic carbocycles. The molecule has 19 heavy (non-hydrogen) atoms. The number of rotatable bonds is 9. The number of nitrogens with zero attached hydrogens (tertiary/aromatic N) is 1. The Morgan fingerprint density at radius 2 is 2.00 bits per heavy atom. The van der Waals surface area contributed by atoms with E-state index < -0.39 is 0 Å². The topological polar surface area (TPSA) is 24.5 Å². The molecule has 0 amide bonds. The zero-order chi connectivity index (χ0) is 13.5. The van der Waals surface area contributed by atoms with Crippen LogP contribution in [0, 0.1) is 0 Å². The highest BCUT2D eigenvalue weighted by Gasteiger charge is 2.19. The fourth-order valence-corrected chi connectivity index (χ4v) is 2.31. The Morgan fingerprint density at radius 3 is 2.74 bits per heavy atom. The summed E-state index contributed by atoms with van der Waals surface area (Å²) in [6.07, 6.45) is 6.59. The lowest BCUT2D eigenvalue weighted by Gasteiger charge is -2.21. The molecular weight excluding hydrogens is 236 g/mol. The molecule has 1 fully saturated rings. The van der Waals surface area contributed by atoms with Gasteiger partial charge >= 0.3 is 0 Å². The van der Waals surface area contributed by atoms with E-state index in [1.807, 2.05) is 12.1 Å². The standard InChI is InChI=1S/C16H26N2O/c1-18(15-8-4-5-9-16(15)19-2)13-7-3-6-12-17-14-10-11-14/h4-5,8-9,14,17H,3,6-7,10-13H2,1-2H3. The molecule has 1 aliphatic rings. The summed E-state index contributed by atoms with van der Waals surface area (Å²) < 4.78 is 5.39. The molecule has 1 aromatic carbocycles. The van der Waals surface area contributed by atoms with E-state index in [2.05, 4.69) is 29.4 Å². The van der Waals surface area contributed by atoms with Gasteiger partial charge in [0.15, 0.2) is 0 Å². The normalized spacial score (nSPS) is 14.4. The minimum absolute atomic E-state index is 0.844. The van der Waals surface area contributed by atoms with Gasteiger partial charge in [0.2, 0.25) is 0 Å². The van der Waals surface area contributed by atoms with Gasteiger partial charge in [0.1, 0.15) is 5.75 Å². The average molecular weight is 262 g/mol. The smallest absolute Gasteiger partial charge is 0.142 e. The third kappa shape index (κ3) is 4.75. The van der Waals surface area contributed by atoms with Crippen molar-refractivity contribution in [3.8, 4) is 5.75 Å². The minimum Gasteiger partial charge on any atom is -0.495 e. The van der Waals surface area contributed by atoms with Crippen molar-refractivity contribution in [2.45, 2.75) is 38.1 Å². The van der Waals surface area contributed by atoms with Crippen molar-refractivity contribution in [1.82, 2.24) is 5.32 Å². The Balaban J connectivity index is 1.63. The Kier molecular flexibility index (Phi) is 5.52. The molecule has 0 bridgehead atoms. The summed E-state index contributed by atoms with van der Waals surface area (Å²) in [5.41, 5.74) is 1.18. The number of ether oxygens (including phenoxy) is 1. The van der Waals surface area contributed by atoms with Gasteiger partial charge in [-0.3, -0.25) is 0 Å². The van der Waals surface area contributed by atoms with Crippen LogP contribution in [0.25, 0.3) is 0 Å². The summed E-state index contributed by atoms with van der Waals surface area (Å²) in [7, 11) is 3.87. The van der Waals surface area contributed by atoms with Crippen LogP contribution >= 0.6 is 0 Å². The second-order valence-corrected chi connectivity index (χ2v) is 5.38. The van der Waals surface area contributed by atoms with Gasteiger partial charge < -0.3 is 15.0 Å². The minimum atomic E-state index is 0.844. The van der Waals surface area contributed by atoms with Crippen LogP contribution in [-0.4, -0.2) is 33.3 Å². The molecule has 0 radical (unpaired) electrons. The monoisotopic (exact) mass is 262 g/mol. The summed E-state index contributed by atoms with van der Waals surface area (Å²) in [6.45, 7) is 2.27. The Hall–Kier alpha value is -1.22. The number of nitrogens with one attached hydrogen (secondary N) is 1. The maximum Gasteiger partial charge on any atom is 0.142 e. The van der Waals surface area contributed by atoms with Crippen molar-refractivity contribution in [2.75, 3.05) is 32.1 Å². The molecule has 106 valence electrons. The van der Waals surface area contributed by atoms with Gasteiger partial charge in [0, 0.05) is 19.6 Å². The third-order valence-electron chi connectivity index (χ3n) is 3.68. The third-order valence-corrected chi connectivity index (χ3v) is 3.68. The van der Waals surface area contributed by atoms with Gasteiger partial charge in [-0.1, -0.05) is 18.6 Å². The summed E-state index contributed by atoms with van der Waals surface area (Å²) in [5.74, 6) is 0.959. The fourth-order valence-electron chi connectivity index (χ4n) is 2.31. The Bertz CT molecular complexity index is 377. The van der Waals surface area contributed by atoms with Crippen molar-refractivity contribution >= 4 is 5.69 Å². The molecule has 1 saturated carbocycles. The second kappa shape index (κ2) is 7.39. The molecule has 0 spiro atoms. The molecule has 0 saturated heterocycles. The molecule has 2 rings (SSSR count). The summed E-state index contributed by atoms with van der Waals surface area (Å²) in [5, 5.41) is 3.56. The zero-order valence-corrected chi connectivity index (χ0v) is 12.2. The molecule has 3 nitrogen and oxygen atoms in total. The molecule has 1 N–H and O–H groups in total. The predicted octanol–water partition coefficient (Wildman–Crippen LogP) is 3.05. The van der Waals surface area contributed by atoms with Crippen LogP contribution in [-0.2, 0) is 0 Å². The highest BCUT2D eigenvalue weighted by atomic mass is 16.5. The number of para-hydroxylation sites is 2. The first-order valence-electron chi connectivity index (χ1n) is 7.39. The SMILES string of the molecule is COc1ccccc1N(C)CCCCCNC1CC1. The lowest BCUT2D eigenvalue weighted by Crippen LogP contribution is -2.20. The van der Waals surface area contributed by atoms with E-state index in [0.717, 1.165) is 18.3 Å². The quantitative estimate of drug-likeness (QED) is 0.692. The zero-order valence-electron chi connectivity index (χ0n) is 12.2. The number of benzene rings is 1. The largest absolute Gasteiger partial charge is 0.495 e. The molecular formula is C16H26N2O. The Morgan fingerprint density at radius 1 is 1.21 bits per heavy atom. The maximum absolute atomic E-state index is 5.39. The van der Waals surface area contributed by atoms with Gasteiger partial charge in [0.05, 0.1) is 12.8 Å².